The molecule has 6 rings (SSSR count). The Morgan fingerprint density at radius 2 is 1.78 bits per heavy atom. The molecular formula is C24H29N3O4S. The number of hydrogen-bond donors (Lipinski definition) is 0. The van der Waals surface area contributed by atoms with E-state index in [4.69, 9.17) is 4.74 Å². The lowest BCUT2D eigenvalue weighted by Crippen LogP contribution is -2.58. The van der Waals surface area contributed by atoms with E-state index in [1.807, 2.05) is 17.0 Å². The van der Waals surface area contributed by atoms with Gasteiger partial charge in [0.05, 0.1) is 24.7 Å². The van der Waals surface area contributed by atoms with Crippen LogP contribution >= 0.6 is 0 Å². The lowest BCUT2D eigenvalue weighted by atomic mass is 9.88. The maximum absolute atomic E-state index is 13.4. The second-order valence-electron chi connectivity index (χ2n) is 9.97. The number of sulfone groups is 1. The highest BCUT2D eigenvalue weighted by molar-refractivity contribution is 7.91. The van der Waals surface area contributed by atoms with Crippen molar-refractivity contribution in [3.63, 3.8) is 0 Å². The minimum absolute atomic E-state index is 0.0130. The van der Waals surface area contributed by atoms with Crippen molar-refractivity contribution < 1.29 is 17.9 Å². The molecule has 3 aliphatic heterocycles. The standard InChI is InChI=1S/C24H29N3O4S/c1-24-13-16-14-27(20-7-8-21(31-2)18-6-4-3-5-17(18)20)22(24)19(24)15-26(16)23(28)25-9-11-32(29,30)12-10-25/h3-8,16,19,22H,9-15H2,1-2H3. The van der Waals surface area contributed by atoms with Crippen molar-refractivity contribution >= 4 is 32.3 Å². The van der Waals surface area contributed by atoms with E-state index in [1.165, 1.54) is 11.1 Å². The van der Waals surface area contributed by atoms with Gasteiger partial charge in [0.2, 0.25) is 0 Å². The van der Waals surface area contributed by atoms with Gasteiger partial charge in [0.25, 0.3) is 0 Å². The molecule has 4 aliphatic rings. The number of carbonyl (C=O) groups is 1. The molecule has 0 N–H and O–H groups in total. The Hall–Kier alpha value is -2.48. The second-order valence-corrected chi connectivity index (χ2v) is 12.3. The normalized spacial score (nSPS) is 32.7. The first-order valence-electron chi connectivity index (χ1n) is 11.4. The molecule has 3 saturated heterocycles. The smallest absolute Gasteiger partial charge is 0.320 e. The van der Waals surface area contributed by atoms with E-state index in [9.17, 15) is 13.2 Å². The van der Waals surface area contributed by atoms with E-state index in [2.05, 4.69) is 36.1 Å². The molecule has 4 unspecified atom stereocenters. The van der Waals surface area contributed by atoms with Gasteiger partial charge >= 0.3 is 6.03 Å². The van der Waals surface area contributed by atoms with Crippen molar-refractivity contribution in [2.24, 2.45) is 11.3 Å². The molecule has 0 aromatic heterocycles. The highest BCUT2D eigenvalue weighted by Crippen LogP contribution is 2.65. The summed E-state index contributed by atoms with van der Waals surface area (Å²) in [4.78, 5) is 19.7. The largest absolute Gasteiger partial charge is 0.496 e. The van der Waals surface area contributed by atoms with Crippen LogP contribution in [0.4, 0.5) is 10.5 Å². The van der Waals surface area contributed by atoms with Crippen LogP contribution in [-0.4, -0.2) is 81.1 Å². The van der Waals surface area contributed by atoms with Crippen LogP contribution in [-0.2, 0) is 9.84 Å². The third-order valence-electron chi connectivity index (χ3n) is 8.30. The number of urea groups is 1. The van der Waals surface area contributed by atoms with Crippen LogP contribution in [0.1, 0.15) is 13.3 Å². The highest BCUT2D eigenvalue weighted by Gasteiger charge is 2.70. The molecule has 4 atom stereocenters. The summed E-state index contributed by atoms with van der Waals surface area (Å²) in [5.41, 5.74) is 1.44. The Morgan fingerprint density at radius 3 is 2.50 bits per heavy atom. The summed E-state index contributed by atoms with van der Waals surface area (Å²) in [5.74, 6) is 1.47. The molecule has 2 aromatic rings. The quantitative estimate of drug-likeness (QED) is 0.696. The Kier molecular flexibility index (Phi) is 4.26. The lowest BCUT2D eigenvalue weighted by Gasteiger charge is -2.45. The van der Waals surface area contributed by atoms with Crippen LogP contribution in [0, 0.1) is 11.3 Å². The Morgan fingerprint density at radius 1 is 1.06 bits per heavy atom. The van der Waals surface area contributed by atoms with Gasteiger partial charge < -0.3 is 19.4 Å². The molecule has 4 fully saturated rings. The number of amides is 2. The van der Waals surface area contributed by atoms with Gasteiger partial charge in [-0.15, -0.1) is 0 Å². The summed E-state index contributed by atoms with van der Waals surface area (Å²) in [6.45, 7) is 4.55. The predicted molar refractivity (Wildman–Crippen MR) is 124 cm³/mol. The van der Waals surface area contributed by atoms with Crippen molar-refractivity contribution in [2.75, 3.05) is 49.7 Å². The molecule has 32 heavy (non-hydrogen) atoms. The van der Waals surface area contributed by atoms with Crippen molar-refractivity contribution in [2.45, 2.75) is 25.4 Å². The summed E-state index contributed by atoms with van der Waals surface area (Å²) in [7, 11) is -1.30. The van der Waals surface area contributed by atoms with Gasteiger partial charge in [-0.25, -0.2) is 13.2 Å². The van der Waals surface area contributed by atoms with Crippen LogP contribution in [0.3, 0.4) is 0 Å². The van der Waals surface area contributed by atoms with Gasteiger partial charge in [-0.3, -0.25) is 0 Å². The maximum atomic E-state index is 13.4. The number of hydrogen-bond acceptors (Lipinski definition) is 5. The van der Waals surface area contributed by atoms with Crippen LogP contribution < -0.4 is 9.64 Å². The molecular weight excluding hydrogens is 426 g/mol. The van der Waals surface area contributed by atoms with Gasteiger partial charge in [0, 0.05) is 54.6 Å². The number of piperidine rings is 2. The number of carbonyl (C=O) groups excluding carboxylic acids is 1. The minimum Gasteiger partial charge on any atom is -0.496 e. The number of benzene rings is 2. The fourth-order valence-electron chi connectivity index (χ4n) is 6.52. The van der Waals surface area contributed by atoms with E-state index >= 15 is 0 Å². The van der Waals surface area contributed by atoms with Crippen molar-refractivity contribution in [1.82, 2.24) is 9.80 Å². The topological polar surface area (TPSA) is 70.2 Å². The number of methoxy groups -OCH3 is 1. The van der Waals surface area contributed by atoms with E-state index in [0.717, 1.165) is 30.6 Å². The van der Waals surface area contributed by atoms with Crippen molar-refractivity contribution in [3.8, 4) is 5.75 Å². The fourth-order valence-corrected chi connectivity index (χ4v) is 7.72. The summed E-state index contributed by atoms with van der Waals surface area (Å²) < 4.78 is 29.2. The monoisotopic (exact) mass is 455 g/mol. The second kappa shape index (κ2) is 6.76. The van der Waals surface area contributed by atoms with E-state index in [1.54, 1.807) is 12.0 Å². The number of anilines is 1. The number of likely N-dealkylation sites (tertiary alicyclic amines) is 1. The first-order valence-corrected chi connectivity index (χ1v) is 13.2. The van der Waals surface area contributed by atoms with Crippen LogP contribution in [0.2, 0.25) is 0 Å². The van der Waals surface area contributed by atoms with E-state index in [0.29, 0.717) is 25.0 Å². The molecule has 2 bridgehead atoms. The third kappa shape index (κ3) is 2.84. The molecule has 2 aromatic carbocycles. The molecule has 1 aliphatic carbocycles. The van der Waals surface area contributed by atoms with Gasteiger partial charge in [-0.2, -0.15) is 0 Å². The molecule has 0 spiro atoms. The average Bonchev–Trinajstić information content (AvgIpc) is 3.45. The molecule has 8 heteroatoms. The van der Waals surface area contributed by atoms with Gasteiger partial charge in [-0.1, -0.05) is 31.2 Å². The summed E-state index contributed by atoms with van der Waals surface area (Å²) in [5, 5.41) is 2.29. The fraction of sp³-hybridized carbons (Fsp3) is 0.542. The molecule has 170 valence electrons. The Bertz CT molecular complexity index is 1200. The van der Waals surface area contributed by atoms with Gasteiger partial charge in [-0.05, 0) is 24.0 Å². The van der Waals surface area contributed by atoms with E-state index < -0.39 is 9.84 Å². The zero-order valence-corrected chi connectivity index (χ0v) is 19.3. The first-order chi connectivity index (χ1) is 15.3. The van der Waals surface area contributed by atoms with E-state index in [-0.39, 0.29) is 29.0 Å². The Labute approximate surface area is 188 Å². The van der Waals surface area contributed by atoms with Crippen molar-refractivity contribution in [1.29, 1.82) is 0 Å². The summed E-state index contributed by atoms with van der Waals surface area (Å²) >= 11 is 0. The van der Waals surface area contributed by atoms with Gasteiger partial charge in [0.1, 0.15) is 5.75 Å². The average molecular weight is 456 g/mol. The van der Waals surface area contributed by atoms with Crippen LogP contribution in [0.15, 0.2) is 36.4 Å². The van der Waals surface area contributed by atoms with Crippen molar-refractivity contribution in [3.05, 3.63) is 36.4 Å². The summed E-state index contributed by atoms with van der Waals surface area (Å²) in [6, 6.07) is 13.1. The SMILES string of the molecule is COc1ccc(N2CC3CC4(C)C(CN3C(=O)N3CCS(=O)(=O)CC3)C24)c2ccccc12. The lowest BCUT2D eigenvalue weighted by molar-refractivity contribution is 0.100. The number of nitrogens with zero attached hydrogens (tertiary/aromatic N) is 3. The third-order valence-corrected chi connectivity index (χ3v) is 9.91. The molecule has 3 heterocycles. The maximum Gasteiger partial charge on any atom is 0.320 e. The molecule has 1 saturated carbocycles. The first kappa shape index (κ1) is 20.1. The number of ether oxygens (including phenoxy) is 1. The zero-order chi connectivity index (χ0) is 22.3. The highest BCUT2D eigenvalue weighted by atomic mass is 32.2. The van der Waals surface area contributed by atoms with Crippen LogP contribution in [0.25, 0.3) is 10.8 Å². The molecule has 7 nitrogen and oxygen atoms in total. The summed E-state index contributed by atoms with van der Waals surface area (Å²) in [6.07, 6.45) is 1.02. The minimum atomic E-state index is -3.01. The number of rotatable bonds is 2. The zero-order valence-electron chi connectivity index (χ0n) is 18.5. The number of fused-ring (bicyclic) bond motifs is 3. The Balaban J connectivity index is 1.31. The molecule has 0 radical (unpaired) electrons. The molecule has 2 amide bonds. The predicted octanol–water partition coefficient (Wildman–Crippen LogP) is 2.60. The van der Waals surface area contributed by atoms with Gasteiger partial charge in [0.15, 0.2) is 9.84 Å². The van der Waals surface area contributed by atoms with Crippen LogP contribution in [0.5, 0.6) is 5.75 Å².